The van der Waals surface area contributed by atoms with Gasteiger partial charge in [-0.15, -0.1) is 0 Å². The van der Waals surface area contributed by atoms with Gasteiger partial charge < -0.3 is 15.7 Å². The van der Waals surface area contributed by atoms with Crippen molar-refractivity contribution in [3.05, 3.63) is 58.1 Å². The van der Waals surface area contributed by atoms with Crippen molar-refractivity contribution >= 4 is 33.4 Å². The number of rotatable bonds is 5. The van der Waals surface area contributed by atoms with Crippen LogP contribution in [0.3, 0.4) is 0 Å². The smallest absolute Gasteiger partial charge is 0.255 e. The summed E-state index contributed by atoms with van der Waals surface area (Å²) < 4.78 is 0.712. The molecule has 6 heteroatoms. The Balaban J connectivity index is 2.03. The van der Waals surface area contributed by atoms with Gasteiger partial charge in [0.05, 0.1) is 5.56 Å². The van der Waals surface area contributed by atoms with Gasteiger partial charge >= 0.3 is 0 Å². The molecule has 0 atom stereocenters. The van der Waals surface area contributed by atoms with Gasteiger partial charge in [-0.1, -0.05) is 41.9 Å². The molecule has 0 aliphatic carbocycles. The lowest BCUT2D eigenvalue weighted by molar-refractivity contribution is -0.118. The SMILES string of the molecule is CC(C)C(=O)Nc1cccc(CNC(=O)c2cc(Br)ccc2O)c1. The number of carbonyl (C=O) groups is 2. The van der Waals surface area contributed by atoms with Crippen LogP contribution in [0, 0.1) is 5.92 Å². The third-order valence-corrected chi connectivity index (χ3v) is 3.87. The Bertz CT molecular complexity index is 760. The third-order valence-electron chi connectivity index (χ3n) is 3.38. The Kier molecular flexibility index (Phi) is 5.98. The topological polar surface area (TPSA) is 78.4 Å². The van der Waals surface area contributed by atoms with Crippen molar-refractivity contribution in [2.45, 2.75) is 20.4 Å². The van der Waals surface area contributed by atoms with Crippen molar-refractivity contribution in [1.82, 2.24) is 5.32 Å². The van der Waals surface area contributed by atoms with E-state index in [0.29, 0.717) is 10.2 Å². The van der Waals surface area contributed by atoms with E-state index in [1.807, 2.05) is 26.0 Å². The van der Waals surface area contributed by atoms with Gasteiger partial charge in [0.1, 0.15) is 5.75 Å². The molecule has 3 N–H and O–H groups in total. The Morgan fingerprint density at radius 1 is 1.17 bits per heavy atom. The maximum Gasteiger partial charge on any atom is 0.255 e. The molecule has 0 aliphatic heterocycles. The Morgan fingerprint density at radius 3 is 2.62 bits per heavy atom. The molecule has 0 aromatic heterocycles. The standard InChI is InChI=1S/C18H19BrN2O3/c1-11(2)17(23)21-14-5-3-4-12(8-14)10-20-18(24)15-9-13(19)6-7-16(15)22/h3-9,11,22H,10H2,1-2H3,(H,20,24)(H,21,23). The first-order valence-corrected chi connectivity index (χ1v) is 8.32. The maximum absolute atomic E-state index is 12.2. The Hall–Kier alpha value is -2.34. The number of phenols is 1. The average molecular weight is 391 g/mol. The summed E-state index contributed by atoms with van der Waals surface area (Å²) in [6.45, 7) is 3.93. The predicted octanol–water partition coefficient (Wildman–Crippen LogP) is 3.68. The first-order valence-electron chi connectivity index (χ1n) is 7.53. The zero-order chi connectivity index (χ0) is 17.7. The van der Waals surface area contributed by atoms with Crippen LogP contribution in [0.1, 0.15) is 29.8 Å². The van der Waals surface area contributed by atoms with Gasteiger partial charge in [0.2, 0.25) is 5.91 Å². The normalized spacial score (nSPS) is 10.5. The molecule has 0 aliphatic rings. The van der Waals surface area contributed by atoms with E-state index in [1.165, 1.54) is 6.07 Å². The monoisotopic (exact) mass is 390 g/mol. The molecule has 126 valence electrons. The van der Waals surface area contributed by atoms with Gasteiger partial charge in [-0.3, -0.25) is 9.59 Å². The molecule has 2 amide bonds. The van der Waals surface area contributed by atoms with E-state index in [-0.39, 0.29) is 35.6 Å². The highest BCUT2D eigenvalue weighted by Crippen LogP contribution is 2.22. The summed E-state index contributed by atoms with van der Waals surface area (Å²) in [5.74, 6) is -0.609. The van der Waals surface area contributed by atoms with Crippen LogP contribution in [0.2, 0.25) is 0 Å². The molecular weight excluding hydrogens is 372 g/mol. The number of aromatic hydroxyl groups is 1. The fraction of sp³-hybridized carbons (Fsp3) is 0.222. The quantitative estimate of drug-likeness (QED) is 0.728. The summed E-state index contributed by atoms with van der Waals surface area (Å²) in [4.78, 5) is 23.9. The van der Waals surface area contributed by atoms with E-state index in [9.17, 15) is 14.7 Å². The number of halogens is 1. The van der Waals surface area contributed by atoms with Crippen molar-refractivity contribution in [3.8, 4) is 5.75 Å². The first kappa shape index (κ1) is 18.0. The highest BCUT2D eigenvalue weighted by molar-refractivity contribution is 9.10. The highest BCUT2D eigenvalue weighted by Gasteiger charge is 2.12. The first-order chi connectivity index (χ1) is 11.4. The van der Waals surface area contributed by atoms with E-state index < -0.39 is 0 Å². The minimum atomic E-state index is -0.370. The number of hydrogen-bond donors (Lipinski definition) is 3. The molecule has 0 fully saturated rings. The summed E-state index contributed by atoms with van der Waals surface area (Å²) in [6.07, 6.45) is 0. The predicted molar refractivity (Wildman–Crippen MR) is 96.9 cm³/mol. The lowest BCUT2D eigenvalue weighted by atomic mass is 10.1. The van der Waals surface area contributed by atoms with Crippen LogP contribution in [-0.4, -0.2) is 16.9 Å². The number of carbonyl (C=O) groups excluding carboxylic acids is 2. The molecule has 0 spiro atoms. The Labute approximate surface area is 149 Å². The van der Waals surface area contributed by atoms with Crippen molar-refractivity contribution < 1.29 is 14.7 Å². The summed E-state index contributed by atoms with van der Waals surface area (Å²) in [5.41, 5.74) is 1.73. The molecule has 2 aromatic carbocycles. The minimum absolute atomic E-state index is 0.0600. The number of nitrogens with one attached hydrogen (secondary N) is 2. The second-order valence-corrected chi connectivity index (χ2v) is 6.60. The van der Waals surface area contributed by atoms with Crippen LogP contribution >= 0.6 is 15.9 Å². The maximum atomic E-state index is 12.2. The van der Waals surface area contributed by atoms with Crippen LogP contribution in [0.15, 0.2) is 46.9 Å². The summed E-state index contributed by atoms with van der Waals surface area (Å²) in [7, 11) is 0. The third kappa shape index (κ3) is 4.83. The number of phenolic OH excluding ortho intramolecular Hbond substituents is 1. The lowest BCUT2D eigenvalue weighted by Crippen LogP contribution is -2.23. The summed E-state index contributed by atoms with van der Waals surface area (Å²) in [6, 6.07) is 11.9. The molecule has 2 aromatic rings. The fourth-order valence-corrected chi connectivity index (χ4v) is 2.37. The number of benzene rings is 2. The minimum Gasteiger partial charge on any atom is -0.507 e. The second kappa shape index (κ2) is 7.97. The number of anilines is 1. The molecule has 0 bridgehead atoms. The molecule has 0 saturated heterocycles. The zero-order valence-corrected chi connectivity index (χ0v) is 15.1. The van der Waals surface area contributed by atoms with Crippen LogP contribution in [-0.2, 0) is 11.3 Å². The van der Waals surface area contributed by atoms with Crippen LogP contribution in [0.5, 0.6) is 5.75 Å². The van der Waals surface area contributed by atoms with Gasteiger partial charge in [0.25, 0.3) is 5.91 Å². The van der Waals surface area contributed by atoms with Crippen molar-refractivity contribution in [2.75, 3.05) is 5.32 Å². The van der Waals surface area contributed by atoms with Crippen molar-refractivity contribution in [3.63, 3.8) is 0 Å². The van der Waals surface area contributed by atoms with Gasteiger partial charge in [0.15, 0.2) is 0 Å². The highest BCUT2D eigenvalue weighted by atomic mass is 79.9. The van der Waals surface area contributed by atoms with Gasteiger partial charge in [0, 0.05) is 22.6 Å². The van der Waals surface area contributed by atoms with E-state index >= 15 is 0 Å². The van der Waals surface area contributed by atoms with Crippen LogP contribution in [0.4, 0.5) is 5.69 Å². The average Bonchev–Trinajstić information content (AvgIpc) is 2.55. The van der Waals surface area contributed by atoms with E-state index in [1.54, 1.807) is 24.3 Å². The lowest BCUT2D eigenvalue weighted by Gasteiger charge is -2.10. The van der Waals surface area contributed by atoms with Crippen LogP contribution in [0.25, 0.3) is 0 Å². The van der Waals surface area contributed by atoms with E-state index in [0.717, 1.165) is 5.56 Å². The van der Waals surface area contributed by atoms with Crippen molar-refractivity contribution in [2.24, 2.45) is 5.92 Å². The molecule has 0 heterocycles. The summed E-state index contributed by atoms with van der Waals surface area (Å²) in [5, 5.41) is 15.3. The van der Waals surface area contributed by atoms with Crippen molar-refractivity contribution in [1.29, 1.82) is 0 Å². The number of hydrogen-bond acceptors (Lipinski definition) is 3. The van der Waals surface area contributed by atoms with E-state index in [2.05, 4.69) is 26.6 Å². The van der Waals surface area contributed by atoms with Crippen LogP contribution < -0.4 is 10.6 Å². The molecule has 5 nitrogen and oxygen atoms in total. The van der Waals surface area contributed by atoms with E-state index in [4.69, 9.17) is 0 Å². The van der Waals surface area contributed by atoms with Gasteiger partial charge in [-0.25, -0.2) is 0 Å². The molecule has 0 unspecified atom stereocenters. The fourth-order valence-electron chi connectivity index (χ4n) is 2.01. The molecule has 0 saturated carbocycles. The molecular formula is C18H19BrN2O3. The molecule has 2 rings (SSSR count). The Morgan fingerprint density at radius 2 is 1.92 bits per heavy atom. The van der Waals surface area contributed by atoms with Gasteiger partial charge in [-0.2, -0.15) is 0 Å². The zero-order valence-electron chi connectivity index (χ0n) is 13.5. The van der Waals surface area contributed by atoms with Gasteiger partial charge in [-0.05, 0) is 35.9 Å². The molecule has 0 radical (unpaired) electrons. The second-order valence-electron chi connectivity index (χ2n) is 5.69. The number of amides is 2. The summed E-state index contributed by atoms with van der Waals surface area (Å²) >= 11 is 3.27. The largest absolute Gasteiger partial charge is 0.507 e. The molecule has 24 heavy (non-hydrogen) atoms.